The number of pyridine rings is 1. The minimum absolute atomic E-state index is 0.0574. The number of halogens is 4. The third kappa shape index (κ3) is 5.02. The summed E-state index contributed by atoms with van der Waals surface area (Å²) in [4.78, 5) is 6.68. The SMILES string of the molecule is CN1CCN(c2ncc(S(=O)(=O)NCCCF)cc2C(F)(F)F)CC1. The monoisotopic (exact) mass is 384 g/mol. The van der Waals surface area contributed by atoms with Crippen LogP contribution in [0.4, 0.5) is 23.4 Å². The van der Waals surface area contributed by atoms with Crippen LogP contribution < -0.4 is 9.62 Å². The van der Waals surface area contributed by atoms with Crippen molar-refractivity contribution in [2.45, 2.75) is 17.5 Å². The maximum Gasteiger partial charge on any atom is 0.420 e. The highest BCUT2D eigenvalue weighted by atomic mass is 32.2. The molecule has 1 aliphatic heterocycles. The van der Waals surface area contributed by atoms with Crippen LogP contribution in [-0.4, -0.2) is 64.7 Å². The fraction of sp³-hybridized carbons (Fsp3) is 0.643. The maximum atomic E-state index is 13.4. The number of hydrogen-bond acceptors (Lipinski definition) is 5. The summed E-state index contributed by atoms with van der Waals surface area (Å²) in [7, 11) is -2.31. The molecule has 0 aliphatic carbocycles. The van der Waals surface area contributed by atoms with E-state index in [2.05, 4.69) is 9.71 Å². The summed E-state index contributed by atoms with van der Waals surface area (Å²) >= 11 is 0. The van der Waals surface area contributed by atoms with Gasteiger partial charge in [0.2, 0.25) is 10.0 Å². The smallest absolute Gasteiger partial charge is 0.354 e. The number of rotatable bonds is 6. The summed E-state index contributed by atoms with van der Waals surface area (Å²) in [6, 6.07) is 0.582. The molecule has 1 aromatic heterocycles. The molecule has 1 aliphatic rings. The second kappa shape index (κ2) is 7.83. The third-order valence-corrected chi connectivity index (χ3v) is 5.29. The molecule has 1 saturated heterocycles. The lowest BCUT2D eigenvalue weighted by molar-refractivity contribution is -0.137. The summed E-state index contributed by atoms with van der Waals surface area (Å²) in [5, 5.41) is 0. The van der Waals surface area contributed by atoms with Gasteiger partial charge in [0, 0.05) is 38.9 Å². The lowest BCUT2D eigenvalue weighted by atomic mass is 10.2. The highest BCUT2D eigenvalue weighted by Crippen LogP contribution is 2.36. The van der Waals surface area contributed by atoms with Gasteiger partial charge in [-0.15, -0.1) is 0 Å². The number of nitrogens with one attached hydrogen (secondary N) is 1. The molecule has 0 unspecified atom stereocenters. The van der Waals surface area contributed by atoms with Crippen LogP contribution in [0.15, 0.2) is 17.2 Å². The van der Waals surface area contributed by atoms with Crippen molar-refractivity contribution < 1.29 is 26.0 Å². The van der Waals surface area contributed by atoms with Gasteiger partial charge in [-0.25, -0.2) is 18.1 Å². The molecule has 0 spiro atoms. The van der Waals surface area contributed by atoms with Crippen LogP contribution in [0.25, 0.3) is 0 Å². The molecule has 1 N–H and O–H groups in total. The average molecular weight is 384 g/mol. The van der Waals surface area contributed by atoms with E-state index in [1.54, 1.807) is 0 Å². The average Bonchev–Trinajstić information content (AvgIpc) is 2.54. The topological polar surface area (TPSA) is 65.5 Å². The van der Waals surface area contributed by atoms with Crippen molar-refractivity contribution >= 4 is 15.8 Å². The van der Waals surface area contributed by atoms with Gasteiger partial charge in [0.15, 0.2) is 0 Å². The maximum absolute atomic E-state index is 13.4. The van der Waals surface area contributed by atoms with Crippen molar-refractivity contribution in [1.82, 2.24) is 14.6 Å². The lowest BCUT2D eigenvalue weighted by Gasteiger charge is -2.34. The molecule has 0 amide bonds. The molecule has 0 bridgehead atoms. The van der Waals surface area contributed by atoms with Gasteiger partial charge in [-0.05, 0) is 19.5 Å². The minimum Gasteiger partial charge on any atom is -0.354 e. The quantitative estimate of drug-likeness (QED) is 0.595. The van der Waals surface area contributed by atoms with Crippen LogP contribution in [0.2, 0.25) is 0 Å². The van der Waals surface area contributed by atoms with Crippen molar-refractivity contribution in [2.75, 3.05) is 51.3 Å². The highest BCUT2D eigenvalue weighted by molar-refractivity contribution is 7.89. The molecule has 0 radical (unpaired) electrons. The fourth-order valence-corrected chi connectivity index (χ4v) is 3.47. The van der Waals surface area contributed by atoms with Crippen molar-refractivity contribution in [1.29, 1.82) is 0 Å². The van der Waals surface area contributed by atoms with Crippen LogP contribution in [0.3, 0.4) is 0 Å². The van der Waals surface area contributed by atoms with Crippen LogP contribution in [0, 0.1) is 0 Å². The summed E-state index contributed by atoms with van der Waals surface area (Å²) in [6.07, 6.45) is -3.89. The summed E-state index contributed by atoms with van der Waals surface area (Å²) in [6.45, 7) is 0.992. The standard InChI is InChI=1S/C14H20F4N4O2S/c1-21-5-7-22(8-6-21)13-12(14(16,17)18)9-11(10-19-13)25(23,24)20-4-2-3-15/h9-10,20H,2-8H2,1H3. The van der Waals surface area contributed by atoms with E-state index in [4.69, 9.17) is 0 Å². The van der Waals surface area contributed by atoms with E-state index in [1.807, 2.05) is 11.9 Å². The first-order valence-electron chi connectivity index (χ1n) is 7.71. The molecule has 1 aromatic rings. The number of sulfonamides is 1. The second-order valence-corrected chi connectivity index (χ2v) is 7.54. The van der Waals surface area contributed by atoms with E-state index in [-0.39, 0.29) is 18.8 Å². The Labute approximate surface area is 143 Å². The Morgan fingerprint density at radius 3 is 2.44 bits per heavy atom. The van der Waals surface area contributed by atoms with Crippen molar-refractivity contribution in [2.24, 2.45) is 0 Å². The molecule has 6 nitrogen and oxygen atoms in total. The number of anilines is 1. The van der Waals surface area contributed by atoms with Gasteiger partial charge in [0.1, 0.15) is 10.7 Å². The van der Waals surface area contributed by atoms with E-state index in [0.29, 0.717) is 32.2 Å². The fourth-order valence-electron chi connectivity index (χ4n) is 2.42. The van der Waals surface area contributed by atoms with Crippen LogP contribution in [0.1, 0.15) is 12.0 Å². The molecule has 0 saturated carbocycles. The molecule has 2 heterocycles. The van der Waals surface area contributed by atoms with Gasteiger partial charge >= 0.3 is 6.18 Å². The van der Waals surface area contributed by atoms with Gasteiger partial charge in [-0.1, -0.05) is 0 Å². The van der Waals surface area contributed by atoms with E-state index in [1.165, 1.54) is 4.90 Å². The zero-order valence-corrected chi connectivity index (χ0v) is 14.5. The first-order chi connectivity index (χ1) is 11.6. The van der Waals surface area contributed by atoms with E-state index in [9.17, 15) is 26.0 Å². The van der Waals surface area contributed by atoms with Crippen LogP contribution in [0.5, 0.6) is 0 Å². The predicted octanol–water partition coefficient (Wildman–Crippen LogP) is 1.49. The Morgan fingerprint density at radius 2 is 1.88 bits per heavy atom. The van der Waals surface area contributed by atoms with Gasteiger partial charge in [0.05, 0.1) is 12.2 Å². The Hall–Kier alpha value is -1.46. The van der Waals surface area contributed by atoms with Crippen molar-refractivity contribution in [3.63, 3.8) is 0 Å². The first kappa shape index (κ1) is 19.9. The lowest BCUT2D eigenvalue weighted by Crippen LogP contribution is -2.45. The number of piperazine rings is 1. The van der Waals surface area contributed by atoms with Crippen LogP contribution >= 0.6 is 0 Å². The Balaban J connectivity index is 2.34. The molecule has 2 rings (SSSR count). The number of aromatic nitrogens is 1. The van der Waals surface area contributed by atoms with Gasteiger partial charge < -0.3 is 9.80 Å². The summed E-state index contributed by atoms with van der Waals surface area (Å²) < 4.78 is 78.5. The van der Waals surface area contributed by atoms with Gasteiger partial charge in [0.25, 0.3) is 0 Å². The molecule has 1 fully saturated rings. The molecule has 25 heavy (non-hydrogen) atoms. The zero-order valence-electron chi connectivity index (χ0n) is 13.7. The van der Waals surface area contributed by atoms with Crippen molar-refractivity contribution in [3.8, 4) is 0 Å². The summed E-state index contributed by atoms with van der Waals surface area (Å²) in [5.74, 6) is -0.275. The van der Waals surface area contributed by atoms with Crippen molar-refractivity contribution in [3.05, 3.63) is 17.8 Å². The Morgan fingerprint density at radius 1 is 1.24 bits per heavy atom. The summed E-state index contributed by atoms with van der Waals surface area (Å²) in [5.41, 5.74) is -1.09. The minimum atomic E-state index is -4.74. The van der Waals surface area contributed by atoms with E-state index >= 15 is 0 Å². The second-order valence-electron chi connectivity index (χ2n) is 5.77. The first-order valence-corrected chi connectivity index (χ1v) is 9.20. The Bertz CT molecular complexity index is 689. The molecular formula is C14H20F4N4O2S. The largest absolute Gasteiger partial charge is 0.420 e. The number of likely N-dealkylation sites (N-methyl/N-ethyl adjacent to an activating group) is 1. The molecular weight excluding hydrogens is 364 g/mol. The Kier molecular flexibility index (Phi) is 6.22. The predicted molar refractivity (Wildman–Crippen MR) is 84.7 cm³/mol. The zero-order chi connectivity index (χ0) is 18.7. The normalized spacial score (nSPS) is 17.1. The highest BCUT2D eigenvalue weighted by Gasteiger charge is 2.37. The third-order valence-electron chi connectivity index (χ3n) is 3.86. The molecule has 11 heteroatoms. The molecule has 142 valence electrons. The number of hydrogen-bond donors (Lipinski definition) is 1. The van der Waals surface area contributed by atoms with E-state index in [0.717, 1.165) is 6.20 Å². The van der Waals surface area contributed by atoms with Gasteiger partial charge in [-0.2, -0.15) is 13.2 Å². The molecule has 0 atom stereocenters. The number of nitrogens with zero attached hydrogens (tertiary/aromatic N) is 3. The molecule has 0 aromatic carbocycles. The van der Waals surface area contributed by atoms with Gasteiger partial charge in [-0.3, -0.25) is 4.39 Å². The van der Waals surface area contributed by atoms with Crippen LogP contribution in [-0.2, 0) is 16.2 Å². The number of alkyl halides is 4. The van der Waals surface area contributed by atoms with E-state index < -0.39 is 33.3 Å².